The number of nitrogens with two attached hydrogens (primary N) is 1. The van der Waals surface area contributed by atoms with Crippen LogP contribution in [0.5, 0.6) is 0 Å². The molecule has 1 amide bonds. The Kier molecular flexibility index (Phi) is 0.961. The van der Waals surface area contributed by atoms with E-state index >= 15 is 0 Å². The average molecular weight is 120 g/mol. The smallest absolute Gasteiger partial charge is 0.222 e. The molecule has 0 heterocycles. The minimum absolute atomic E-state index is 0.0262. The van der Waals surface area contributed by atoms with Gasteiger partial charge in [0, 0.05) is 5.38 Å². The maximum atomic E-state index is 10.1. The van der Waals surface area contributed by atoms with Crippen LogP contribution >= 0.6 is 11.6 Å². The molecule has 2 atom stereocenters. The molecular formula is C4H6ClNO. The molecule has 2 N–H and O–H groups in total. The highest BCUT2D eigenvalue weighted by atomic mass is 35.5. The van der Waals surface area contributed by atoms with Crippen LogP contribution in [0.3, 0.4) is 0 Å². The van der Waals surface area contributed by atoms with Crippen LogP contribution in [-0.4, -0.2) is 11.3 Å². The molecule has 1 aliphatic carbocycles. The molecule has 7 heavy (non-hydrogen) atoms. The molecule has 0 spiro atoms. The number of carbonyl (C=O) groups is 1. The van der Waals surface area contributed by atoms with Gasteiger partial charge >= 0.3 is 0 Å². The predicted octanol–water partition coefficient (Wildman–Crippen LogP) is 0.0990. The van der Waals surface area contributed by atoms with Crippen molar-refractivity contribution in [3.05, 3.63) is 0 Å². The zero-order valence-electron chi connectivity index (χ0n) is 3.73. The van der Waals surface area contributed by atoms with Gasteiger partial charge in [0.2, 0.25) is 5.91 Å². The quantitative estimate of drug-likeness (QED) is 0.489. The Morgan fingerprint density at radius 1 is 1.86 bits per heavy atom. The monoisotopic (exact) mass is 119 g/mol. The summed E-state index contributed by atoms with van der Waals surface area (Å²) in [6, 6.07) is 0. The Labute approximate surface area is 46.6 Å². The minimum atomic E-state index is -0.264. The Hall–Kier alpha value is -0.240. The summed E-state index contributed by atoms with van der Waals surface area (Å²) in [4.78, 5) is 10.1. The van der Waals surface area contributed by atoms with Crippen molar-refractivity contribution in [2.24, 2.45) is 11.7 Å². The standard InChI is InChI=1S/C4H6ClNO/c5-3-1-2(3)4(6)7/h2-3H,1H2,(H2,6,7). The molecule has 0 saturated heterocycles. The fourth-order valence-corrected chi connectivity index (χ4v) is 0.775. The van der Waals surface area contributed by atoms with Gasteiger partial charge in [0.1, 0.15) is 0 Å². The van der Waals surface area contributed by atoms with Crippen molar-refractivity contribution in [2.75, 3.05) is 0 Å². The lowest BCUT2D eigenvalue weighted by Crippen LogP contribution is -2.13. The van der Waals surface area contributed by atoms with Crippen LogP contribution in [0.4, 0.5) is 0 Å². The molecule has 0 aromatic rings. The van der Waals surface area contributed by atoms with Crippen LogP contribution in [0.1, 0.15) is 6.42 Å². The summed E-state index contributed by atoms with van der Waals surface area (Å²) >= 11 is 5.45. The molecular weight excluding hydrogens is 114 g/mol. The number of primary amides is 1. The summed E-state index contributed by atoms with van der Waals surface area (Å²) in [5, 5.41) is 0.0394. The number of hydrogen-bond acceptors (Lipinski definition) is 1. The molecule has 1 saturated carbocycles. The zero-order chi connectivity index (χ0) is 5.44. The van der Waals surface area contributed by atoms with Crippen LogP contribution < -0.4 is 5.73 Å². The molecule has 1 aliphatic rings. The number of carbonyl (C=O) groups excluding carboxylic acids is 1. The fourth-order valence-electron chi connectivity index (χ4n) is 0.458. The normalized spacial score (nSPS) is 37.9. The lowest BCUT2D eigenvalue weighted by Gasteiger charge is -1.80. The highest BCUT2D eigenvalue weighted by molar-refractivity contribution is 6.24. The second-order valence-electron chi connectivity index (χ2n) is 1.76. The number of amides is 1. The van der Waals surface area contributed by atoms with E-state index in [1.165, 1.54) is 0 Å². The first kappa shape index (κ1) is 4.91. The number of rotatable bonds is 1. The minimum Gasteiger partial charge on any atom is -0.369 e. The van der Waals surface area contributed by atoms with Crippen LogP contribution in [0, 0.1) is 5.92 Å². The van der Waals surface area contributed by atoms with Crippen molar-refractivity contribution >= 4 is 17.5 Å². The average Bonchev–Trinajstić information content (AvgIpc) is 2.17. The van der Waals surface area contributed by atoms with Crippen molar-refractivity contribution in [3.63, 3.8) is 0 Å². The van der Waals surface area contributed by atoms with Gasteiger partial charge in [-0.2, -0.15) is 0 Å². The zero-order valence-corrected chi connectivity index (χ0v) is 4.48. The topological polar surface area (TPSA) is 43.1 Å². The number of hydrogen-bond donors (Lipinski definition) is 1. The third-order valence-electron chi connectivity index (χ3n) is 1.08. The lowest BCUT2D eigenvalue weighted by molar-refractivity contribution is -0.119. The summed E-state index contributed by atoms with van der Waals surface area (Å²) < 4.78 is 0. The summed E-state index contributed by atoms with van der Waals surface area (Å²) in [6.07, 6.45) is 0.775. The summed E-state index contributed by atoms with van der Waals surface area (Å²) in [5.41, 5.74) is 4.86. The predicted molar refractivity (Wildman–Crippen MR) is 26.9 cm³/mol. The van der Waals surface area contributed by atoms with Gasteiger partial charge in [-0.25, -0.2) is 0 Å². The van der Waals surface area contributed by atoms with Gasteiger partial charge in [0.15, 0.2) is 0 Å². The van der Waals surface area contributed by atoms with Crippen molar-refractivity contribution in [1.29, 1.82) is 0 Å². The Morgan fingerprint density at radius 3 is 2.29 bits per heavy atom. The van der Waals surface area contributed by atoms with Crippen molar-refractivity contribution in [1.82, 2.24) is 0 Å². The number of alkyl halides is 1. The molecule has 3 heteroatoms. The van der Waals surface area contributed by atoms with E-state index in [2.05, 4.69) is 0 Å². The molecule has 0 aromatic heterocycles. The molecule has 0 aliphatic heterocycles. The summed E-state index contributed by atoms with van der Waals surface area (Å²) in [6.45, 7) is 0. The van der Waals surface area contributed by atoms with Crippen molar-refractivity contribution in [3.8, 4) is 0 Å². The van der Waals surface area contributed by atoms with Gasteiger partial charge in [-0.3, -0.25) is 4.79 Å². The molecule has 1 fully saturated rings. The maximum absolute atomic E-state index is 10.1. The molecule has 1 rings (SSSR count). The van der Waals surface area contributed by atoms with E-state index in [9.17, 15) is 4.79 Å². The van der Waals surface area contributed by atoms with Crippen LogP contribution in [0.25, 0.3) is 0 Å². The van der Waals surface area contributed by atoms with Crippen molar-refractivity contribution < 1.29 is 4.79 Å². The van der Waals surface area contributed by atoms with E-state index in [-0.39, 0.29) is 17.2 Å². The van der Waals surface area contributed by atoms with Crippen LogP contribution in [0.15, 0.2) is 0 Å². The van der Waals surface area contributed by atoms with Crippen LogP contribution in [-0.2, 0) is 4.79 Å². The van der Waals surface area contributed by atoms with Crippen molar-refractivity contribution in [2.45, 2.75) is 11.8 Å². The summed E-state index contributed by atoms with van der Waals surface area (Å²) in [5.74, 6) is -0.290. The molecule has 40 valence electrons. The lowest BCUT2D eigenvalue weighted by atomic mass is 10.4. The Bertz CT molecular complexity index is 104. The maximum Gasteiger partial charge on any atom is 0.222 e. The van der Waals surface area contributed by atoms with E-state index in [1.807, 2.05) is 0 Å². The van der Waals surface area contributed by atoms with E-state index in [0.717, 1.165) is 6.42 Å². The first-order valence-electron chi connectivity index (χ1n) is 2.15. The molecule has 2 unspecified atom stereocenters. The Morgan fingerprint density at radius 2 is 2.29 bits per heavy atom. The highest BCUT2D eigenvalue weighted by Gasteiger charge is 2.39. The second-order valence-corrected chi connectivity index (χ2v) is 2.32. The van der Waals surface area contributed by atoms with Gasteiger partial charge < -0.3 is 5.73 Å². The molecule has 0 bridgehead atoms. The third kappa shape index (κ3) is 0.855. The first-order valence-corrected chi connectivity index (χ1v) is 2.59. The van der Waals surface area contributed by atoms with E-state index in [0.29, 0.717) is 0 Å². The molecule has 2 nitrogen and oxygen atoms in total. The highest BCUT2D eigenvalue weighted by Crippen LogP contribution is 2.35. The van der Waals surface area contributed by atoms with E-state index in [4.69, 9.17) is 17.3 Å². The third-order valence-corrected chi connectivity index (χ3v) is 1.56. The van der Waals surface area contributed by atoms with Gasteiger partial charge in [-0.05, 0) is 6.42 Å². The van der Waals surface area contributed by atoms with E-state index in [1.54, 1.807) is 0 Å². The summed E-state index contributed by atoms with van der Waals surface area (Å²) in [7, 11) is 0. The molecule has 0 aromatic carbocycles. The van der Waals surface area contributed by atoms with Gasteiger partial charge in [0.25, 0.3) is 0 Å². The largest absolute Gasteiger partial charge is 0.369 e. The van der Waals surface area contributed by atoms with E-state index < -0.39 is 0 Å². The van der Waals surface area contributed by atoms with Crippen LogP contribution in [0.2, 0.25) is 0 Å². The first-order chi connectivity index (χ1) is 3.22. The Balaban J connectivity index is 2.33. The molecule has 0 radical (unpaired) electrons. The second kappa shape index (κ2) is 1.37. The van der Waals surface area contributed by atoms with Gasteiger partial charge in [-0.15, -0.1) is 11.6 Å². The van der Waals surface area contributed by atoms with Gasteiger partial charge in [-0.1, -0.05) is 0 Å². The fraction of sp³-hybridized carbons (Fsp3) is 0.750. The number of halogens is 1. The SMILES string of the molecule is NC(=O)C1CC1Cl. The van der Waals surface area contributed by atoms with Gasteiger partial charge in [0.05, 0.1) is 5.92 Å².